The number of ether oxygens (including phenoxy) is 1. The van der Waals surface area contributed by atoms with Crippen LogP contribution in [0.1, 0.15) is 26.4 Å². The van der Waals surface area contributed by atoms with Crippen LogP contribution in [-0.2, 0) is 11.2 Å². The molecule has 0 spiro atoms. The minimum absolute atomic E-state index is 0.308. The summed E-state index contributed by atoms with van der Waals surface area (Å²) >= 11 is 7.83. The molecule has 23 heavy (non-hydrogen) atoms. The van der Waals surface area contributed by atoms with Crippen LogP contribution < -0.4 is 0 Å². The average Bonchev–Trinajstić information content (AvgIpc) is 2.85. The molecule has 3 rings (SSSR count). The maximum atomic E-state index is 13.5. The fourth-order valence-electron chi connectivity index (χ4n) is 2.60. The largest absolute Gasteiger partial charge is 0.465 e. The number of carbonyl (C=O) groups is 1. The smallest absolute Gasteiger partial charge is 0.337 e. The van der Waals surface area contributed by atoms with Crippen molar-refractivity contribution in [1.29, 1.82) is 0 Å². The minimum atomic E-state index is -0.370. The fraction of sp³-hybridized carbons (Fsp3) is 0.167. The number of benzene rings is 2. The number of esters is 1. The first-order chi connectivity index (χ1) is 11.0. The van der Waals surface area contributed by atoms with E-state index in [-0.39, 0.29) is 11.8 Å². The van der Waals surface area contributed by atoms with Gasteiger partial charge in [0.1, 0.15) is 5.82 Å². The van der Waals surface area contributed by atoms with Gasteiger partial charge < -0.3 is 4.74 Å². The van der Waals surface area contributed by atoms with E-state index in [9.17, 15) is 9.18 Å². The maximum absolute atomic E-state index is 13.5. The van der Waals surface area contributed by atoms with E-state index in [1.54, 1.807) is 23.5 Å². The summed E-state index contributed by atoms with van der Waals surface area (Å²) in [7, 11) is 1.36. The van der Waals surface area contributed by atoms with Gasteiger partial charge in [-0.1, -0.05) is 11.6 Å². The highest BCUT2D eigenvalue weighted by Gasteiger charge is 2.14. The van der Waals surface area contributed by atoms with Gasteiger partial charge in [-0.05, 0) is 59.8 Å². The van der Waals surface area contributed by atoms with Gasteiger partial charge in [-0.2, -0.15) is 0 Å². The molecule has 0 unspecified atom stereocenters. The predicted octanol–water partition coefficient (Wildman–Crippen LogP) is 5.38. The molecule has 0 amide bonds. The van der Waals surface area contributed by atoms with E-state index in [0.29, 0.717) is 17.0 Å². The molecule has 1 heterocycles. The van der Waals surface area contributed by atoms with Crippen LogP contribution >= 0.6 is 22.9 Å². The van der Waals surface area contributed by atoms with Gasteiger partial charge in [0.2, 0.25) is 0 Å². The summed E-state index contributed by atoms with van der Waals surface area (Å²) in [6, 6.07) is 9.86. The molecule has 0 aliphatic carbocycles. The van der Waals surface area contributed by atoms with Crippen LogP contribution in [0, 0.1) is 12.7 Å². The fourth-order valence-corrected chi connectivity index (χ4v) is 3.85. The molecular formula is C18H14ClFO2S. The molecule has 2 nitrogen and oxygen atoms in total. The van der Waals surface area contributed by atoms with E-state index in [0.717, 1.165) is 26.1 Å². The molecule has 0 bridgehead atoms. The lowest BCUT2D eigenvalue weighted by Crippen LogP contribution is -2.00. The lowest BCUT2D eigenvalue weighted by molar-refractivity contribution is 0.0601. The molecule has 5 heteroatoms. The van der Waals surface area contributed by atoms with E-state index in [1.807, 2.05) is 19.1 Å². The van der Waals surface area contributed by atoms with Crippen LogP contribution in [0.3, 0.4) is 0 Å². The second-order valence-electron chi connectivity index (χ2n) is 5.25. The number of halogens is 2. The summed E-state index contributed by atoms with van der Waals surface area (Å²) in [6.07, 6.45) is 0.521. The molecule has 0 N–H and O–H groups in total. The van der Waals surface area contributed by atoms with Crippen LogP contribution in [0.2, 0.25) is 5.02 Å². The minimum Gasteiger partial charge on any atom is -0.465 e. The van der Waals surface area contributed by atoms with Crippen molar-refractivity contribution in [2.24, 2.45) is 0 Å². The van der Waals surface area contributed by atoms with Crippen molar-refractivity contribution in [3.63, 3.8) is 0 Å². The number of thiophene rings is 1. The molecule has 0 atom stereocenters. The molecule has 3 aromatic rings. The molecule has 0 aliphatic rings. The van der Waals surface area contributed by atoms with Crippen molar-refractivity contribution in [1.82, 2.24) is 0 Å². The Bertz CT molecular complexity index is 901. The normalized spacial score (nSPS) is 11.0. The zero-order chi connectivity index (χ0) is 16.6. The van der Waals surface area contributed by atoms with Crippen LogP contribution in [0.4, 0.5) is 4.39 Å². The van der Waals surface area contributed by atoms with E-state index in [4.69, 9.17) is 16.3 Å². The Labute approximate surface area is 142 Å². The Kier molecular flexibility index (Phi) is 4.37. The quantitative estimate of drug-likeness (QED) is 0.594. The van der Waals surface area contributed by atoms with Crippen molar-refractivity contribution in [2.75, 3.05) is 7.11 Å². The van der Waals surface area contributed by atoms with Gasteiger partial charge in [0, 0.05) is 21.0 Å². The monoisotopic (exact) mass is 348 g/mol. The number of hydrogen-bond donors (Lipinski definition) is 0. The van der Waals surface area contributed by atoms with Gasteiger partial charge in [0.25, 0.3) is 0 Å². The van der Waals surface area contributed by atoms with Crippen molar-refractivity contribution in [3.05, 3.63) is 68.8 Å². The molecule has 2 aromatic carbocycles. The van der Waals surface area contributed by atoms with Crippen molar-refractivity contribution in [2.45, 2.75) is 13.3 Å². The van der Waals surface area contributed by atoms with Crippen molar-refractivity contribution in [3.8, 4) is 0 Å². The second kappa shape index (κ2) is 6.30. The number of fused-ring (bicyclic) bond motifs is 1. The SMILES string of the molecule is COC(=O)c1ccc2sc(C)c(Cc3cc(F)ccc3Cl)c2c1. The molecule has 0 radical (unpaired) electrons. The molecule has 118 valence electrons. The van der Waals surface area contributed by atoms with E-state index in [1.165, 1.54) is 19.2 Å². The van der Waals surface area contributed by atoms with Gasteiger partial charge in [-0.3, -0.25) is 0 Å². The number of methoxy groups -OCH3 is 1. The summed E-state index contributed by atoms with van der Waals surface area (Å²) in [5, 5.41) is 1.52. The number of aryl methyl sites for hydroxylation is 1. The number of rotatable bonds is 3. The summed E-state index contributed by atoms with van der Waals surface area (Å²) in [5.41, 5.74) is 2.30. The van der Waals surface area contributed by atoms with Gasteiger partial charge in [0.05, 0.1) is 12.7 Å². The first-order valence-electron chi connectivity index (χ1n) is 7.04. The van der Waals surface area contributed by atoms with E-state index >= 15 is 0 Å². The molecular weight excluding hydrogens is 335 g/mol. The van der Waals surface area contributed by atoms with Crippen molar-refractivity contribution >= 4 is 39.0 Å². The molecule has 0 saturated heterocycles. The Morgan fingerprint density at radius 3 is 2.78 bits per heavy atom. The van der Waals surface area contributed by atoms with Crippen LogP contribution in [0.5, 0.6) is 0 Å². The van der Waals surface area contributed by atoms with Gasteiger partial charge >= 0.3 is 5.97 Å². The van der Waals surface area contributed by atoms with Gasteiger partial charge in [-0.15, -0.1) is 11.3 Å². The highest BCUT2D eigenvalue weighted by Crippen LogP contribution is 2.34. The number of hydrogen-bond acceptors (Lipinski definition) is 3. The molecule has 1 aromatic heterocycles. The third-order valence-corrected chi connectivity index (χ3v) is 5.29. The topological polar surface area (TPSA) is 26.3 Å². The molecule has 0 fully saturated rings. The number of carbonyl (C=O) groups excluding carboxylic acids is 1. The average molecular weight is 349 g/mol. The van der Waals surface area contributed by atoms with Gasteiger partial charge in [-0.25, -0.2) is 9.18 Å². The van der Waals surface area contributed by atoms with Crippen LogP contribution in [0.25, 0.3) is 10.1 Å². The summed E-state index contributed by atoms with van der Waals surface area (Å²) in [6.45, 7) is 2.02. The van der Waals surface area contributed by atoms with E-state index < -0.39 is 0 Å². The van der Waals surface area contributed by atoms with Crippen molar-refractivity contribution < 1.29 is 13.9 Å². The summed E-state index contributed by atoms with van der Waals surface area (Å²) < 4.78 is 19.3. The molecule has 0 saturated carbocycles. The first-order valence-corrected chi connectivity index (χ1v) is 8.23. The third-order valence-electron chi connectivity index (χ3n) is 3.79. The standard InChI is InChI=1S/C18H14ClFO2S/c1-10-14(9-12-7-13(20)4-5-16(12)19)15-8-11(18(21)22-2)3-6-17(15)23-10/h3-8H,9H2,1-2H3. The van der Waals surface area contributed by atoms with Crippen LogP contribution in [-0.4, -0.2) is 13.1 Å². The lowest BCUT2D eigenvalue weighted by Gasteiger charge is -2.06. The Hall–Kier alpha value is -1.91. The zero-order valence-corrected chi connectivity index (χ0v) is 14.2. The first kappa shape index (κ1) is 16.0. The Balaban J connectivity index is 2.10. The maximum Gasteiger partial charge on any atom is 0.337 e. The lowest BCUT2D eigenvalue weighted by atomic mass is 10.0. The highest BCUT2D eigenvalue weighted by atomic mass is 35.5. The Morgan fingerprint density at radius 2 is 2.04 bits per heavy atom. The summed E-state index contributed by atoms with van der Waals surface area (Å²) in [4.78, 5) is 12.9. The van der Waals surface area contributed by atoms with Gasteiger partial charge in [0.15, 0.2) is 0 Å². The highest BCUT2D eigenvalue weighted by molar-refractivity contribution is 7.19. The molecule has 0 aliphatic heterocycles. The van der Waals surface area contributed by atoms with Crippen LogP contribution in [0.15, 0.2) is 36.4 Å². The van der Waals surface area contributed by atoms with E-state index in [2.05, 4.69) is 0 Å². The third kappa shape index (κ3) is 3.09. The second-order valence-corrected chi connectivity index (χ2v) is 6.92. The predicted molar refractivity (Wildman–Crippen MR) is 92.1 cm³/mol. The summed E-state index contributed by atoms with van der Waals surface area (Å²) in [5.74, 6) is -0.678. The Morgan fingerprint density at radius 1 is 1.26 bits per heavy atom. The zero-order valence-electron chi connectivity index (χ0n) is 12.7.